The quantitative estimate of drug-likeness (QED) is 0.762. The van der Waals surface area contributed by atoms with Crippen LogP contribution in [-0.4, -0.2) is 29.9 Å². The van der Waals surface area contributed by atoms with Gasteiger partial charge in [-0.25, -0.2) is 0 Å². The van der Waals surface area contributed by atoms with E-state index < -0.39 is 0 Å². The van der Waals surface area contributed by atoms with Crippen LogP contribution in [0, 0.1) is 5.92 Å². The second-order valence-electron chi connectivity index (χ2n) is 5.72. The van der Waals surface area contributed by atoms with Crippen molar-refractivity contribution in [3.05, 3.63) is 0 Å². The first-order valence-electron chi connectivity index (χ1n) is 7.32. The van der Waals surface area contributed by atoms with Crippen molar-refractivity contribution in [1.29, 1.82) is 0 Å². The summed E-state index contributed by atoms with van der Waals surface area (Å²) in [6.45, 7) is 1.95. The second kappa shape index (κ2) is 6.39. The van der Waals surface area contributed by atoms with Crippen molar-refractivity contribution >= 4 is 5.91 Å². The van der Waals surface area contributed by atoms with Crippen LogP contribution in [0.1, 0.15) is 57.8 Å². The number of hydrogen-bond acceptors (Lipinski definition) is 2. The summed E-state index contributed by atoms with van der Waals surface area (Å²) in [5.74, 6) is 0.611. The van der Waals surface area contributed by atoms with Crippen LogP contribution >= 0.6 is 0 Å². The summed E-state index contributed by atoms with van der Waals surface area (Å²) in [4.78, 5) is 14.5. The van der Waals surface area contributed by atoms with Crippen molar-refractivity contribution < 1.29 is 4.79 Å². The Morgan fingerprint density at radius 1 is 0.941 bits per heavy atom. The van der Waals surface area contributed by atoms with E-state index in [-0.39, 0.29) is 12.0 Å². The van der Waals surface area contributed by atoms with Gasteiger partial charge in [-0.1, -0.05) is 25.7 Å². The molecule has 2 aliphatic rings. The minimum atomic E-state index is 0.221. The molecule has 2 atom stereocenters. The van der Waals surface area contributed by atoms with Gasteiger partial charge in [0.05, 0.1) is 0 Å². The average Bonchev–Trinajstić information content (AvgIpc) is 2.28. The van der Waals surface area contributed by atoms with E-state index in [1.165, 1.54) is 32.1 Å². The van der Waals surface area contributed by atoms with Gasteiger partial charge < -0.3 is 10.6 Å². The van der Waals surface area contributed by atoms with Gasteiger partial charge in [-0.05, 0) is 32.1 Å². The van der Waals surface area contributed by atoms with Crippen LogP contribution in [0.15, 0.2) is 0 Å². The van der Waals surface area contributed by atoms with Gasteiger partial charge in [-0.15, -0.1) is 0 Å². The molecule has 1 aliphatic carbocycles. The predicted octanol–water partition coefficient (Wildman–Crippen LogP) is 2.30. The molecule has 0 bridgehead atoms. The Kier molecular flexibility index (Phi) is 4.84. The molecule has 1 amide bonds. The zero-order valence-electron chi connectivity index (χ0n) is 10.9. The number of carbonyl (C=O) groups is 1. The van der Waals surface area contributed by atoms with Crippen LogP contribution < -0.4 is 5.73 Å². The highest BCUT2D eigenvalue weighted by Crippen LogP contribution is 2.25. The Morgan fingerprint density at radius 2 is 1.59 bits per heavy atom. The highest BCUT2D eigenvalue weighted by molar-refractivity contribution is 5.79. The Labute approximate surface area is 105 Å². The molecule has 0 radical (unpaired) electrons. The average molecular weight is 238 g/mol. The Bertz CT molecular complexity index is 247. The minimum Gasteiger partial charge on any atom is -0.342 e. The maximum atomic E-state index is 12.4. The molecule has 3 heteroatoms. The molecule has 17 heavy (non-hydrogen) atoms. The molecule has 2 rings (SSSR count). The lowest BCUT2D eigenvalue weighted by molar-refractivity contribution is -0.137. The molecule has 2 N–H and O–H groups in total. The molecule has 1 heterocycles. The molecule has 1 saturated carbocycles. The molecule has 1 aliphatic heterocycles. The summed E-state index contributed by atoms with van der Waals surface area (Å²) in [5.41, 5.74) is 5.98. The van der Waals surface area contributed by atoms with Crippen molar-refractivity contribution in [2.75, 3.05) is 13.1 Å². The van der Waals surface area contributed by atoms with E-state index in [1.54, 1.807) is 0 Å². The number of hydrogen-bond donors (Lipinski definition) is 1. The second-order valence-corrected chi connectivity index (χ2v) is 5.72. The molecule has 98 valence electrons. The van der Waals surface area contributed by atoms with Crippen molar-refractivity contribution in [2.45, 2.75) is 63.8 Å². The largest absolute Gasteiger partial charge is 0.342 e. The smallest absolute Gasteiger partial charge is 0.225 e. The van der Waals surface area contributed by atoms with E-state index in [1.807, 2.05) is 0 Å². The lowest BCUT2D eigenvalue weighted by atomic mass is 9.85. The van der Waals surface area contributed by atoms with Crippen LogP contribution in [0.2, 0.25) is 0 Å². The van der Waals surface area contributed by atoms with Gasteiger partial charge in [-0.3, -0.25) is 4.79 Å². The third-order valence-electron chi connectivity index (χ3n) is 4.23. The van der Waals surface area contributed by atoms with E-state index in [0.717, 1.165) is 38.8 Å². The third-order valence-corrected chi connectivity index (χ3v) is 4.23. The highest BCUT2D eigenvalue weighted by atomic mass is 16.2. The first kappa shape index (κ1) is 12.9. The van der Waals surface area contributed by atoms with E-state index in [9.17, 15) is 4.79 Å². The summed E-state index contributed by atoms with van der Waals surface area (Å²) in [6.07, 6.45) is 10.5. The first-order chi connectivity index (χ1) is 8.27. The van der Waals surface area contributed by atoms with Crippen LogP contribution in [0.25, 0.3) is 0 Å². The zero-order chi connectivity index (χ0) is 12.1. The van der Waals surface area contributed by atoms with Crippen molar-refractivity contribution in [3.8, 4) is 0 Å². The van der Waals surface area contributed by atoms with E-state index >= 15 is 0 Å². The van der Waals surface area contributed by atoms with E-state index in [0.29, 0.717) is 5.91 Å². The topological polar surface area (TPSA) is 46.3 Å². The lowest BCUT2D eigenvalue weighted by Gasteiger charge is -2.32. The number of nitrogens with zero attached hydrogens (tertiary/aromatic N) is 1. The molecular formula is C14H26N2O. The molecular weight excluding hydrogens is 212 g/mol. The van der Waals surface area contributed by atoms with Gasteiger partial charge in [0.25, 0.3) is 0 Å². The number of nitrogens with two attached hydrogens (primary N) is 1. The normalized spacial score (nSPS) is 31.7. The first-order valence-corrected chi connectivity index (χ1v) is 7.32. The molecule has 2 fully saturated rings. The van der Waals surface area contributed by atoms with Crippen molar-refractivity contribution in [1.82, 2.24) is 4.90 Å². The van der Waals surface area contributed by atoms with Crippen LogP contribution in [0.5, 0.6) is 0 Å². The maximum absolute atomic E-state index is 12.4. The summed E-state index contributed by atoms with van der Waals surface area (Å²) in [6, 6.07) is 0.257. The SMILES string of the molecule is NC1CCCC(C(=O)N2CCCCCCC2)C1. The molecule has 2 unspecified atom stereocenters. The minimum absolute atomic E-state index is 0.221. The fraction of sp³-hybridized carbons (Fsp3) is 0.929. The standard InChI is InChI=1S/C14H26N2O/c15-13-8-6-7-12(11-13)14(17)16-9-4-2-1-3-5-10-16/h12-13H,1-11,15H2. The maximum Gasteiger partial charge on any atom is 0.225 e. The van der Waals surface area contributed by atoms with Gasteiger partial charge in [-0.2, -0.15) is 0 Å². The summed E-state index contributed by atoms with van der Waals surface area (Å²) in [5, 5.41) is 0. The molecule has 1 saturated heterocycles. The van der Waals surface area contributed by atoms with E-state index in [2.05, 4.69) is 4.90 Å². The Morgan fingerprint density at radius 3 is 2.24 bits per heavy atom. The Balaban J connectivity index is 1.87. The Hall–Kier alpha value is -0.570. The lowest BCUT2D eigenvalue weighted by Crippen LogP contribution is -2.41. The van der Waals surface area contributed by atoms with Crippen LogP contribution in [-0.2, 0) is 4.79 Å². The molecule has 0 aromatic carbocycles. The van der Waals surface area contributed by atoms with Crippen LogP contribution in [0.4, 0.5) is 0 Å². The van der Waals surface area contributed by atoms with Gasteiger partial charge >= 0.3 is 0 Å². The summed E-state index contributed by atoms with van der Waals surface area (Å²) < 4.78 is 0. The molecule has 3 nitrogen and oxygen atoms in total. The highest BCUT2D eigenvalue weighted by Gasteiger charge is 2.28. The fourth-order valence-electron chi connectivity index (χ4n) is 3.18. The van der Waals surface area contributed by atoms with E-state index in [4.69, 9.17) is 5.73 Å². The molecule has 0 aromatic heterocycles. The van der Waals surface area contributed by atoms with Crippen LogP contribution in [0.3, 0.4) is 0 Å². The number of rotatable bonds is 1. The zero-order valence-corrected chi connectivity index (χ0v) is 10.9. The number of likely N-dealkylation sites (tertiary alicyclic amines) is 1. The number of carbonyl (C=O) groups excluding carboxylic acids is 1. The predicted molar refractivity (Wildman–Crippen MR) is 69.6 cm³/mol. The number of amides is 1. The fourth-order valence-corrected chi connectivity index (χ4v) is 3.18. The van der Waals surface area contributed by atoms with Gasteiger partial charge in [0.1, 0.15) is 0 Å². The van der Waals surface area contributed by atoms with Gasteiger partial charge in [0.2, 0.25) is 5.91 Å². The summed E-state index contributed by atoms with van der Waals surface area (Å²) in [7, 11) is 0. The van der Waals surface area contributed by atoms with Gasteiger partial charge in [0.15, 0.2) is 0 Å². The van der Waals surface area contributed by atoms with Gasteiger partial charge in [0, 0.05) is 25.0 Å². The summed E-state index contributed by atoms with van der Waals surface area (Å²) >= 11 is 0. The monoisotopic (exact) mass is 238 g/mol. The van der Waals surface area contributed by atoms with Crippen molar-refractivity contribution in [2.24, 2.45) is 11.7 Å². The third kappa shape index (κ3) is 3.70. The van der Waals surface area contributed by atoms with Crippen molar-refractivity contribution in [3.63, 3.8) is 0 Å². The molecule has 0 aromatic rings. The molecule has 0 spiro atoms.